The maximum Gasteiger partial charge on any atom is 0.224 e. The SMILES string of the molecule is CCCCCCCCC(=O)Nc1c(Cl)ncnc1Cl. The van der Waals surface area contributed by atoms with Gasteiger partial charge in [0.05, 0.1) is 0 Å². The monoisotopic (exact) mass is 303 g/mol. The van der Waals surface area contributed by atoms with Crippen molar-refractivity contribution in [1.82, 2.24) is 9.97 Å². The molecule has 1 aromatic rings. The number of aromatic nitrogens is 2. The molecule has 4 nitrogen and oxygen atoms in total. The molecule has 106 valence electrons. The molecule has 0 unspecified atom stereocenters. The first-order chi connectivity index (χ1) is 9.15. The molecular weight excluding hydrogens is 285 g/mol. The second-order valence-corrected chi connectivity index (χ2v) is 5.11. The number of amides is 1. The number of rotatable bonds is 8. The number of carbonyl (C=O) groups excluding carboxylic acids is 1. The van der Waals surface area contributed by atoms with Gasteiger partial charge < -0.3 is 5.32 Å². The topological polar surface area (TPSA) is 54.9 Å². The van der Waals surface area contributed by atoms with E-state index in [2.05, 4.69) is 22.2 Å². The fraction of sp³-hybridized carbons (Fsp3) is 0.615. The fourth-order valence-electron chi connectivity index (χ4n) is 1.72. The van der Waals surface area contributed by atoms with Crippen LogP contribution in [0, 0.1) is 0 Å². The molecule has 0 aliphatic rings. The van der Waals surface area contributed by atoms with E-state index in [1.807, 2.05) is 0 Å². The summed E-state index contributed by atoms with van der Waals surface area (Å²) in [5.74, 6) is -0.103. The quantitative estimate of drug-likeness (QED) is 0.569. The Hall–Kier alpha value is -0.870. The largest absolute Gasteiger partial charge is 0.321 e. The normalized spacial score (nSPS) is 10.5. The minimum atomic E-state index is -0.103. The van der Waals surface area contributed by atoms with Crippen molar-refractivity contribution in [3.8, 4) is 0 Å². The number of nitrogens with zero attached hydrogens (tertiary/aromatic N) is 2. The minimum Gasteiger partial charge on any atom is -0.321 e. The lowest BCUT2D eigenvalue weighted by atomic mass is 10.1. The summed E-state index contributed by atoms with van der Waals surface area (Å²) in [7, 11) is 0. The Kier molecular flexibility index (Phi) is 7.75. The van der Waals surface area contributed by atoms with E-state index in [9.17, 15) is 4.79 Å². The molecule has 1 heterocycles. The minimum absolute atomic E-state index is 0.103. The van der Waals surface area contributed by atoms with Gasteiger partial charge in [-0.25, -0.2) is 9.97 Å². The van der Waals surface area contributed by atoms with Crippen molar-refractivity contribution in [2.45, 2.75) is 51.9 Å². The summed E-state index contributed by atoms with van der Waals surface area (Å²) < 4.78 is 0. The third-order valence-electron chi connectivity index (χ3n) is 2.78. The summed E-state index contributed by atoms with van der Waals surface area (Å²) in [6.45, 7) is 2.18. The van der Waals surface area contributed by atoms with Crippen LogP contribution in [-0.4, -0.2) is 15.9 Å². The number of carbonyl (C=O) groups is 1. The van der Waals surface area contributed by atoms with Crippen LogP contribution in [0.4, 0.5) is 5.69 Å². The highest BCUT2D eigenvalue weighted by atomic mass is 35.5. The molecule has 1 aromatic heterocycles. The van der Waals surface area contributed by atoms with Gasteiger partial charge in [-0.3, -0.25) is 4.79 Å². The van der Waals surface area contributed by atoms with E-state index >= 15 is 0 Å². The van der Waals surface area contributed by atoms with Crippen molar-refractivity contribution in [2.24, 2.45) is 0 Å². The molecule has 19 heavy (non-hydrogen) atoms. The summed E-state index contributed by atoms with van der Waals surface area (Å²) in [5, 5.41) is 2.98. The molecule has 0 saturated heterocycles. The Balaban J connectivity index is 2.28. The first-order valence-electron chi connectivity index (χ1n) is 6.61. The zero-order chi connectivity index (χ0) is 14.1. The molecule has 0 spiro atoms. The molecule has 0 aromatic carbocycles. The number of nitrogens with one attached hydrogen (secondary N) is 1. The van der Waals surface area contributed by atoms with Gasteiger partial charge >= 0.3 is 0 Å². The molecule has 0 bridgehead atoms. The third kappa shape index (κ3) is 6.21. The van der Waals surface area contributed by atoms with Crippen molar-refractivity contribution >= 4 is 34.8 Å². The lowest BCUT2D eigenvalue weighted by Gasteiger charge is -2.07. The molecule has 1 rings (SSSR count). The van der Waals surface area contributed by atoms with E-state index in [4.69, 9.17) is 23.2 Å². The molecule has 0 aliphatic heterocycles. The van der Waals surface area contributed by atoms with Crippen LogP contribution in [0.25, 0.3) is 0 Å². The molecule has 0 saturated carbocycles. The van der Waals surface area contributed by atoms with Crippen LogP contribution >= 0.6 is 23.2 Å². The average molecular weight is 304 g/mol. The summed E-state index contributed by atoms with van der Waals surface area (Å²) >= 11 is 11.7. The Labute approximate surface area is 123 Å². The van der Waals surface area contributed by atoms with Gasteiger partial charge in [-0.2, -0.15) is 0 Å². The standard InChI is InChI=1S/C13H19Cl2N3O/c1-2-3-4-5-6-7-8-10(19)18-11-12(14)16-9-17-13(11)15/h9H,2-8H2,1H3,(H,18,19). The zero-order valence-corrected chi connectivity index (χ0v) is 12.6. The van der Waals surface area contributed by atoms with E-state index < -0.39 is 0 Å². The molecule has 0 fully saturated rings. The zero-order valence-electron chi connectivity index (χ0n) is 11.1. The smallest absolute Gasteiger partial charge is 0.224 e. The third-order valence-corrected chi connectivity index (χ3v) is 3.35. The van der Waals surface area contributed by atoms with Crippen LogP contribution in [0.5, 0.6) is 0 Å². The van der Waals surface area contributed by atoms with Crippen molar-refractivity contribution < 1.29 is 4.79 Å². The van der Waals surface area contributed by atoms with E-state index in [0.29, 0.717) is 12.1 Å². The van der Waals surface area contributed by atoms with Crippen LogP contribution in [0.2, 0.25) is 10.3 Å². The molecule has 0 atom stereocenters. The van der Waals surface area contributed by atoms with Crippen LogP contribution < -0.4 is 5.32 Å². The fourth-order valence-corrected chi connectivity index (χ4v) is 2.12. The van der Waals surface area contributed by atoms with Gasteiger partial charge in [0.1, 0.15) is 12.0 Å². The molecule has 1 N–H and O–H groups in total. The predicted octanol–water partition coefficient (Wildman–Crippen LogP) is 4.47. The van der Waals surface area contributed by atoms with Gasteiger partial charge in [0.25, 0.3) is 0 Å². The van der Waals surface area contributed by atoms with Crippen molar-refractivity contribution in [3.63, 3.8) is 0 Å². The highest BCUT2D eigenvalue weighted by molar-refractivity contribution is 6.38. The first kappa shape index (κ1) is 16.2. The lowest BCUT2D eigenvalue weighted by molar-refractivity contribution is -0.116. The number of unbranched alkanes of at least 4 members (excludes halogenated alkanes) is 5. The highest BCUT2D eigenvalue weighted by Crippen LogP contribution is 2.25. The lowest BCUT2D eigenvalue weighted by Crippen LogP contribution is -2.12. The van der Waals surface area contributed by atoms with Gasteiger partial charge in [0.2, 0.25) is 5.91 Å². The molecule has 6 heteroatoms. The number of hydrogen-bond acceptors (Lipinski definition) is 3. The van der Waals surface area contributed by atoms with Crippen molar-refractivity contribution in [3.05, 3.63) is 16.6 Å². The Morgan fingerprint density at radius 2 is 1.68 bits per heavy atom. The van der Waals surface area contributed by atoms with Crippen LogP contribution in [0.15, 0.2) is 6.33 Å². The maximum absolute atomic E-state index is 11.7. The number of anilines is 1. The summed E-state index contributed by atoms with van der Waals surface area (Å²) in [5.41, 5.74) is 0.293. The van der Waals surface area contributed by atoms with Crippen LogP contribution in [0.3, 0.4) is 0 Å². The van der Waals surface area contributed by atoms with E-state index in [-0.39, 0.29) is 16.2 Å². The molecular formula is C13H19Cl2N3O. The van der Waals surface area contributed by atoms with Gasteiger partial charge in [-0.1, -0.05) is 62.2 Å². The summed E-state index contributed by atoms with van der Waals surface area (Å²) in [6.07, 6.45) is 8.57. The summed E-state index contributed by atoms with van der Waals surface area (Å²) in [6, 6.07) is 0. The molecule has 0 aliphatic carbocycles. The van der Waals surface area contributed by atoms with Crippen LogP contribution in [0.1, 0.15) is 51.9 Å². The molecule has 0 radical (unpaired) electrons. The molecule has 1 amide bonds. The van der Waals surface area contributed by atoms with Gasteiger partial charge in [-0.05, 0) is 6.42 Å². The van der Waals surface area contributed by atoms with Crippen LogP contribution in [-0.2, 0) is 4.79 Å². The van der Waals surface area contributed by atoms with E-state index in [1.165, 1.54) is 32.0 Å². The number of hydrogen-bond donors (Lipinski definition) is 1. The Morgan fingerprint density at radius 1 is 1.11 bits per heavy atom. The van der Waals surface area contributed by atoms with Crippen molar-refractivity contribution in [2.75, 3.05) is 5.32 Å². The predicted molar refractivity (Wildman–Crippen MR) is 78.7 cm³/mol. The van der Waals surface area contributed by atoms with Crippen molar-refractivity contribution in [1.29, 1.82) is 0 Å². The van der Waals surface area contributed by atoms with Gasteiger partial charge in [-0.15, -0.1) is 0 Å². The average Bonchev–Trinajstić information content (AvgIpc) is 2.38. The first-order valence-corrected chi connectivity index (χ1v) is 7.36. The maximum atomic E-state index is 11.7. The Bertz CT molecular complexity index is 393. The summed E-state index contributed by atoms with van der Waals surface area (Å²) in [4.78, 5) is 19.3. The van der Waals surface area contributed by atoms with E-state index in [1.54, 1.807) is 0 Å². The number of halogens is 2. The second kappa shape index (κ2) is 9.10. The van der Waals surface area contributed by atoms with Gasteiger partial charge in [0, 0.05) is 6.42 Å². The highest BCUT2D eigenvalue weighted by Gasteiger charge is 2.11. The Morgan fingerprint density at radius 3 is 2.32 bits per heavy atom. The van der Waals surface area contributed by atoms with Gasteiger partial charge in [0.15, 0.2) is 10.3 Å². The van der Waals surface area contributed by atoms with E-state index in [0.717, 1.165) is 12.8 Å². The second-order valence-electron chi connectivity index (χ2n) is 4.40.